The maximum Gasteiger partial charge on any atom is 0.0674 e. The minimum Gasteiger partial charge on any atom is -0.392 e. The zero-order chi connectivity index (χ0) is 12.8. The fourth-order valence-corrected chi connectivity index (χ4v) is 3.19. The van der Waals surface area contributed by atoms with Gasteiger partial charge in [-0.1, -0.05) is 42.5 Å². The number of aliphatic hydroxyl groups is 1. The van der Waals surface area contributed by atoms with E-state index < -0.39 is 0 Å². The third-order valence-corrected chi connectivity index (χ3v) is 4.75. The van der Waals surface area contributed by atoms with Crippen LogP contribution in [0.1, 0.15) is 5.56 Å². The Balaban J connectivity index is 1.86. The average Bonchev–Trinajstić information content (AvgIpc) is 2.39. The Labute approximate surface area is 120 Å². The van der Waals surface area contributed by atoms with Crippen LogP contribution in [0.15, 0.2) is 64.0 Å². The van der Waals surface area contributed by atoms with Gasteiger partial charge in [0.05, 0.1) is 6.10 Å². The fourth-order valence-electron chi connectivity index (χ4n) is 1.69. The molecule has 0 saturated carbocycles. The van der Waals surface area contributed by atoms with E-state index >= 15 is 0 Å². The SMILES string of the molecule is OC(CSc1ccccc1Br)Cc1ccccc1. The van der Waals surface area contributed by atoms with Crippen LogP contribution in [0.3, 0.4) is 0 Å². The second-order valence-electron chi connectivity index (χ2n) is 4.08. The first-order valence-electron chi connectivity index (χ1n) is 5.85. The normalized spacial score (nSPS) is 12.3. The second kappa shape index (κ2) is 6.98. The Morgan fingerprint density at radius 3 is 2.39 bits per heavy atom. The lowest BCUT2D eigenvalue weighted by Gasteiger charge is -2.11. The van der Waals surface area contributed by atoms with E-state index in [1.165, 1.54) is 10.5 Å². The van der Waals surface area contributed by atoms with Gasteiger partial charge in [-0.25, -0.2) is 0 Å². The molecule has 2 aromatic carbocycles. The van der Waals surface area contributed by atoms with Crippen LogP contribution in [0, 0.1) is 0 Å². The van der Waals surface area contributed by atoms with Gasteiger partial charge in [0.25, 0.3) is 0 Å². The van der Waals surface area contributed by atoms with Crippen LogP contribution < -0.4 is 0 Å². The predicted octanol–water partition coefficient (Wildman–Crippen LogP) is 4.14. The van der Waals surface area contributed by atoms with Crippen molar-refractivity contribution >= 4 is 27.7 Å². The average molecular weight is 323 g/mol. The van der Waals surface area contributed by atoms with Gasteiger partial charge >= 0.3 is 0 Å². The van der Waals surface area contributed by atoms with Crippen molar-refractivity contribution in [2.45, 2.75) is 17.4 Å². The van der Waals surface area contributed by atoms with Crippen molar-refractivity contribution in [3.05, 3.63) is 64.6 Å². The molecule has 94 valence electrons. The summed E-state index contributed by atoms with van der Waals surface area (Å²) in [6.45, 7) is 0. The number of benzene rings is 2. The molecular weight excluding hydrogens is 308 g/mol. The smallest absolute Gasteiger partial charge is 0.0674 e. The van der Waals surface area contributed by atoms with E-state index in [1.54, 1.807) is 11.8 Å². The molecular formula is C15H15BrOS. The zero-order valence-corrected chi connectivity index (χ0v) is 12.3. The lowest BCUT2D eigenvalue weighted by atomic mass is 10.1. The molecule has 0 saturated heterocycles. The van der Waals surface area contributed by atoms with Crippen molar-refractivity contribution < 1.29 is 5.11 Å². The molecule has 1 atom stereocenters. The highest BCUT2D eigenvalue weighted by molar-refractivity contribution is 9.10. The quantitative estimate of drug-likeness (QED) is 0.835. The lowest BCUT2D eigenvalue weighted by Crippen LogP contribution is -2.13. The highest BCUT2D eigenvalue weighted by Gasteiger charge is 2.07. The first kappa shape index (κ1) is 13.7. The summed E-state index contributed by atoms with van der Waals surface area (Å²) in [6.07, 6.45) is 0.391. The van der Waals surface area contributed by atoms with Gasteiger partial charge in [-0.15, -0.1) is 11.8 Å². The van der Waals surface area contributed by atoms with Gasteiger partial charge in [0.1, 0.15) is 0 Å². The van der Waals surface area contributed by atoms with E-state index in [1.807, 2.05) is 48.5 Å². The van der Waals surface area contributed by atoms with E-state index in [0.717, 1.165) is 4.47 Å². The summed E-state index contributed by atoms with van der Waals surface area (Å²) in [6, 6.07) is 18.2. The van der Waals surface area contributed by atoms with Crippen molar-refractivity contribution in [1.82, 2.24) is 0 Å². The third-order valence-electron chi connectivity index (χ3n) is 2.58. The molecule has 0 spiro atoms. The molecule has 3 heteroatoms. The number of hydrogen-bond donors (Lipinski definition) is 1. The molecule has 18 heavy (non-hydrogen) atoms. The number of halogens is 1. The maximum absolute atomic E-state index is 10.0. The minimum absolute atomic E-state index is 0.315. The van der Waals surface area contributed by atoms with Crippen LogP contribution in [-0.2, 0) is 6.42 Å². The molecule has 0 radical (unpaired) electrons. The Morgan fingerprint density at radius 1 is 1.00 bits per heavy atom. The summed E-state index contributed by atoms with van der Waals surface area (Å²) in [5.41, 5.74) is 1.18. The summed E-state index contributed by atoms with van der Waals surface area (Å²) in [4.78, 5) is 1.17. The summed E-state index contributed by atoms with van der Waals surface area (Å²) in [7, 11) is 0. The van der Waals surface area contributed by atoms with Gasteiger partial charge in [-0.2, -0.15) is 0 Å². The third kappa shape index (κ3) is 4.16. The van der Waals surface area contributed by atoms with Gasteiger partial charge in [0, 0.05) is 15.1 Å². The van der Waals surface area contributed by atoms with Crippen LogP contribution in [0.25, 0.3) is 0 Å². The molecule has 0 amide bonds. The molecule has 2 aromatic rings. The van der Waals surface area contributed by atoms with Gasteiger partial charge in [0.15, 0.2) is 0 Å². The van der Waals surface area contributed by atoms with Crippen molar-refractivity contribution in [3.63, 3.8) is 0 Å². The number of rotatable bonds is 5. The van der Waals surface area contributed by atoms with E-state index in [2.05, 4.69) is 22.0 Å². The van der Waals surface area contributed by atoms with Crippen molar-refractivity contribution in [2.75, 3.05) is 5.75 Å². The minimum atomic E-state index is -0.315. The highest BCUT2D eigenvalue weighted by atomic mass is 79.9. The monoisotopic (exact) mass is 322 g/mol. The van der Waals surface area contributed by atoms with Gasteiger partial charge < -0.3 is 5.11 Å². The van der Waals surface area contributed by atoms with Crippen LogP contribution in [0.5, 0.6) is 0 Å². The fraction of sp³-hybridized carbons (Fsp3) is 0.200. The topological polar surface area (TPSA) is 20.2 Å². The molecule has 0 aromatic heterocycles. The highest BCUT2D eigenvalue weighted by Crippen LogP contribution is 2.27. The van der Waals surface area contributed by atoms with Crippen LogP contribution in [-0.4, -0.2) is 17.0 Å². The molecule has 2 rings (SSSR count). The summed E-state index contributed by atoms with van der Waals surface area (Å²) in [5.74, 6) is 0.706. The Kier molecular flexibility index (Phi) is 5.29. The number of thioether (sulfide) groups is 1. The molecule has 1 nitrogen and oxygen atoms in total. The molecule has 0 aliphatic rings. The summed E-state index contributed by atoms with van der Waals surface area (Å²) < 4.78 is 1.09. The molecule has 1 unspecified atom stereocenters. The van der Waals surface area contributed by atoms with Gasteiger partial charge in [0.2, 0.25) is 0 Å². The molecule has 0 bridgehead atoms. The first-order chi connectivity index (χ1) is 8.75. The largest absolute Gasteiger partial charge is 0.392 e. The van der Waals surface area contributed by atoms with E-state index in [0.29, 0.717) is 12.2 Å². The van der Waals surface area contributed by atoms with Crippen molar-refractivity contribution in [2.24, 2.45) is 0 Å². The van der Waals surface area contributed by atoms with E-state index in [-0.39, 0.29) is 6.10 Å². The van der Waals surface area contributed by atoms with Gasteiger partial charge in [-0.05, 0) is 40.0 Å². The lowest BCUT2D eigenvalue weighted by molar-refractivity contribution is 0.200. The van der Waals surface area contributed by atoms with Crippen molar-refractivity contribution in [1.29, 1.82) is 0 Å². The standard InChI is InChI=1S/C15H15BrOS/c16-14-8-4-5-9-15(14)18-11-13(17)10-12-6-2-1-3-7-12/h1-9,13,17H,10-11H2. The number of hydrogen-bond acceptors (Lipinski definition) is 2. The Bertz CT molecular complexity index is 487. The van der Waals surface area contributed by atoms with E-state index in [4.69, 9.17) is 0 Å². The molecule has 1 N–H and O–H groups in total. The second-order valence-corrected chi connectivity index (χ2v) is 6.00. The summed E-state index contributed by atoms with van der Waals surface area (Å²) in [5, 5.41) is 10.0. The summed E-state index contributed by atoms with van der Waals surface area (Å²) >= 11 is 5.19. The Hall–Kier alpha value is -0.770. The maximum atomic E-state index is 10.0. The Morgan fingerprint density at radius 2 is 1.67 bits per heavy atom. The predicted molar refractivity (Wildman–Crippen MR) is 81.0 cm³/mol. The zero-order valence-electron chi connectivity index (χ0n) is 9.92. The molecule has 0 aliphatic carbocycles. The number of aliphatic hydroxyl groups excluding tert-OH is 1. The molecule has 0 aliphatic heterocycles. The van der Waals surface area contributed by atoms with Crippen LogP contribution in [0.2, 0.25) is 0 Å². The first-order valence-corrected chi connectivity index (χ1v) is 7.63. The molecule has 0 fully saturated rings. The van der Waals surface area contributed by atoms with Crippen LogP contribution >= 0.6 is 27.7 Å². The van der Waals surface area contributed by atoms with Crippen molar-refractivity contribution in [3.8, 4) is 0 Å². The molecule has 0 heterocycles. The van der Waals surface area contributed by atoms with Crippen LogP contribution in [0.4, 0.5) is 0 Å². The van der Waals surface area contributed by atoms with E-state index in [9.17, 15) is 5.11 Å². The van der Waals surface area contributed by atoms with Gasteiger partial charge in [-0.3, -0.25) is 0 Å².